The number of Topliss-reactive ketones (excluding diaryl/α,β-unsaturated/α-hetero) is 1. The van der Waals surface area contributed by atoms with Crippen molar-refractivity contribution in [2.75, 3.05) is 21.3 Å². The molecule has 1 heterocycles. The average Bonchev–Trinajstić information content (AvgIpc) is 2.64. The van der Waals surface area contributed by atoms with Gasteiger partial charge in [-0.15, -0.1) is 0 Å². The Morgan fingerprint density at radius 1 is 1.08 bits per heavy atom. The molecule has 1 fully saturated rings. The third kappa shape index (κ3) is 2.68. The summed E-state index contributed by atoms with van der Waals surface area (Å²) < 4.78 is 11.7. The van der Waals surface area contributed by atoms with Crippen LogP contribution in [0.2, 0.25) is 0 Å². The lowest BCUT2D eigenvalue weighted by molar-refractivity contribution is -0.292. The van der Waals surface area contributed by atoms with Gasteiger partial charge in [0, 0.05) is 38.5 Å². The first kappa shape index (κ1) is 19.0. The molecule has 1 aromatic rings. The SMILES string of the molecule is CON1C(=O)c2ccc(C(C)(C)C)cc2[C@@H]2CC(=O)C[C@H]1C2(OC)OC. The van der Waals surface area contributed by atoms with Crippen LogP contribution in [-0.2, 0) is 24.5 Å². The van der Waals surface area contributed by atoms with Crippen LogP contribution < -0.4 is 0 Å². The zero-order chi connectivity index (χ0) is 19.3. The molecule has 6 heteroatoms. The number of carbonyl (C=O) groups is 2. The Balaban J connectivity index is 2.31. The van der Waals surface area contributed by atoms with Crippen LogP contribution >= 0.6 is 0 Å². The minimum Gasteiger partial charge on any atom is -0.351 e. The molecule has 3 rings (SSSR count). The fraction of sp³-hybridized carbons (Fsp3) is 0.600. The van der Waals surface area contributed by atoms with Gasteiger partial charge in [0.25, 0.3) is 5.91 Å². The van der Waals surface area contributed by atoms with Crippen molar-refractivity contribution in [1.29, 1.82) is 0 Å². The molecule has 0 aromatic heterocycles. The molecule has 6 nitrogen and oxygen atoms in total. The molecule has 2 aliphatic rings. The summed E-state index contributed by atoms with van der Waals surface area (Å²) in [7, 11) is 4.53. The Hall–Kier alpha value is -1.76. The Labute approximate surface area is 154 Å². The number of hydrogen-bond donors (Lipinski definition) is 0. The molecule has 1 amide bonds. The maximum absolute atomic E-state index is 13.2. The van der Waals surface area contributed by atoms with Gasteiger partial charge in [-0.2, -0.15) is 0 Å². The predicted molar refractivity (Wildman–Crippen MR) is 95.8 cm³/mol. The standard InChI is InChI=1S/C20H27NO5/c1-19(2,3)12-7-8-14-15(9-12)16-10-13(22)11-17(20(16,24-4)25-5)21(26-6)18(14)23/h7-9,16-17H,10-11H2,1-6H3/t16-,17-/m0/s1. The van der Waals surface area contributed by atoms with Gasteiger partial charge < -0.3 is 9.47 Å². The first-order valence-corrected chi connectivity index (χ1v) is 8.83. The second-order valence-electron chi connectivity index (χ2n) is 8.01. The largest absolute Gasteiger partial charge is 0.351 e. The summed E-state index contributed by atoms with van der Waals surface area (Å²) in [5.41, 5.74) is 2.31. The third-order valence-corrected chi connectivity index (χ3v) is 5.64. The molecule has 2 atom stereocenters. The molecule has 1 saturated carbocycles. The summed E-state index contributed by atoms with van der Waals surface area (Å²) in [5.74, 6) is -1.73. The van der Waals surface area contributed by atoms with Gasteiger partial charge in [0.1, 0.15) is 11.8 Å². The summed E-state index contributed by atoms with van der Waals surface area (Å²) in [6.45, 7) is 6.34. The molecule has 1 aliphatic carbocycles. The lowest BCUT2D eigenvalue weighted by Crippen LogP contribution is -2.61. The molecule has 142 valence electrons. The van der Waals surface area contributed by atoms with Crippen molar-refractivity contribution in [2.24, 2.45) is 0 Å². The highest BCUT2D eigenvalue weighted by Gasteiger charge is 2.58. The number of ketones is 1. The highest BCUT2D eigenvalue weighted by molar-refractivity contribution is 5.98. The third-order valence-electron chi connectivity index (χ3n) is 5.64. The van der Waals surface area contributed by atoms with E-state index in [1.54, 1.807) is 14.2 Å². The summed E-state index contributed by atoms with van der Waals surface area (Å²) in [4.78, 5) is 31.1. The number of carbonyl (C=O) groups excluding carboxylic acids is 2. The van der Waals surface area contributed by atoms with Crippen LogP contribution in [0.25, 0.3) is 0 Å². The van der Waals surface area contributed by atoms with Crippen molar-refractivity contribution in [1.82, 2.24) is 5.06 Å². The summed E-state index contributed by atoms with van der Waals surface area (Å²) >= 11 is 0. The van der Waals surface area contributed by atoms with E-state index in [1.807, 2.05) is 18.2 Å². The minimum absolute atomic E-state index is 0.0635. The molecular weight excluding hydrogens is 334 g/mol. The van der Waals surface area contributed by atoms with Crippen molar-refractivity contribution in [2.45, 2.75) is 56.8 Å². The fourth-order valence-electron chi connectivity index (χ4n) is 4.24. The van der Waals surface area contributed by atoms with Crippen LogP contribution in [0.1, 0.15) is 61.0 Å². The second-order valence-corrected chi connectivity index (χ2v) is 8.01. The highest BCUT2D eigenvalue weighted by atomic mass is 16.7. The first-order valence-electron chi connectivity index (χ1n) is 8.83. The number of rotatable bonds is 3. The number of hydrogen-bond acceptors (Lipinski definition) is 5. The van der Waals surface area contributed by atoms with E-state index in [9.17, 15) is 9.59 Å². The quantitative estimate of drug-likeness (QED) is 0.775. The van der Waals surface area contributed by atoms with Crippen LogP contribution in [0.3, 0.4) is 0 Å². The van der Waals surface area contributed by atoms with Crippen LogP contribution in [0, 0.1) is 0 Å². The van der Waals surface area contributed by atoms with Gasteiger partial charge in [-0.3, -0.25) is 14.4 Å². The number of amides is 1. The fourth-order valence-corrected chi connectivity index (χ4v) is 4.24. The first-order chi connectivity index (χ1) is 12.2. The van der Waals surface area contributed by atoms with E-state index in [0.29, 0.717) is 5.56 Å². The van der Waals surface area contributed by atoms with Crippen LogP contribution in [0.15, 0.2) is 18.2 Å². The molecule has 26 heavy (non-hydrogen) atoms. The Kier molecular flexibility index (Phi) is 4.71. The van der Waals surface area contributed by atoms with Crippen LogP contribution in [-0.4, -0.2) is 49.9 Å². The zero-order valence-corrected chi connectivity index (χ0v) is 16.3. The molecule has 1 aromatic carbocycles. The van der Waals surface area contributed by atoms with Crippen LogP contribution in [0.5, 0.6) is 0 Å². The number of benzene rings is 1. The minimum atomic E-state index is -1.14. The second kappa shape index (κ2) is 6.44. The normalized spacial score (nSPS) is 25.1. The maximum Gasteiger partial charge on any atom is 0.278 e. The van der Waals surface area contributed by atoms with Crippen molar-refractivity contribution in [3.8, 4) is 0 Å². The van der Waals surface area contributed by atoms with E-state index in [-0.39, 0.29) is 35.9 Å². The van der Waals surface area contributed by atoms with E-state index < -0.39 is 11.8 Å². The smallest absolute Gasteiger partial charge is 0.278 e. The predicted octanol–water partition coefficient (Wildman–Crippen LogP) is 2.81. The van der Waals surface area contributed by atoms with E-state index in [1.165, 1.54) is 12.2 Å². The van der Waals surface area contributed by atoms with Gasteiger partial charge in [0.05, 0.1) is 7.11 Å². The van der Waals surface area contributed by atoms with Crippen molar-refractivity contribution in [3.05, 3.63) is 34.9 Å². The van der Waals surface area contributed by atoms with E-state index in [2.05, 4.69) is 20.8 Å². The number of hydroxylamine groups is 2. The molecule has 0 spiro atoms. The van der Waals surface area contributed by atoms with Gasteiger partial charge in [-0.25, -0.2) is 5.06 Å². The Morgan fingerprint density at radius 3 is 2.27 bits per heavy atom. The number of ether oxygens (including phenoxy) is 2. The van der Waals surface area contributed by atoms with E-state index >= 15 is 0 Å². The lowest BCUT2D eigenvalue weighted by atomic mass is 9.73. The van der Waals surface area contributed by atoms with Gasteiger partial charge in [0.15, 0.2) is 5.79 Å². The van der Waals surface area contributed by atoms with Gasteiger partial charge in [0.2, 0.25) is 0 Å². The summed E-state index contributed by atoms with van der Waals surface area (Å²) in [5, 5.41) is 1.24. The molecule has 0 saturated heterocycles. The Morgan fingerprint density at radius 2 is 1.73 bits per heavy atom. The molecule has 0 radical (unpaired) electrons. The van der Waals surface area contributed by atoms with Crippen molar-refractivity contribution < 1.29 is 23.9 Å². The monoisotopic (exact) mass is 361 g/mol. The topological polar surface area (TPSA) is 65.1 Å². The maximum atomic E-state index is 13.2. The molecule has 2 bridgehead atoms. The molecule has 0 N–H and O–H groups in total. The van der Waals surface area contributed by atoms with Crippen molar-refractivity contribution >= 4 is 11.7 Å². The summed E-state index contributed by atoms with van der Waals surface area (Å²) in [6, 6.07) is 5.15. The molecule has 0 unspecified atom stereocenters. The molecular formula is C20H27NO5. The number of methoxy groups -OCH3 is 2. The van der Waals surface area contributed by atoms with Gasteiger partial charge in [-0.1, -0.05) is 32.9 Å². The highest BCUT2D eigenvalue weighted by Crippen LogP contribution is 2.48. The van der Waals surface area contributed by atoms with Crippen LogP contribution in [0.4, 0.5) is 0 Å². The van der Waals surface area contributed by atoms with Gasteiger partial charge in [-0.05, 0) is 22.6 Å². The number of fused-ring (bicyclic) bond motifs is 4. The molecule has 1 aliphatic heterocycles. The average molecular weight is 361 g/mol. The zero-order valence-electron chi connectivity index (χ0n) is 16.3. The Bertz CT molecular complexity index is 732. The summed E-state index contributed by atoms with van der Waals surface area (Å²) in [6.07, 6.45) is 0.404. The number of nitrogens with zero attached hydrogens (tertiary/aromatic N) is 1. The lowest BCUT2D eigenvalue weighted by Gasteiger charge is -2.47. The van der Waals surface area contributed by atoms with E-state index in [4.69, 9.17) is 14.3 Å². The van der Waals surface area contributed by atoms with Crippen molar-refractivity contribution in [3.63, 3.8) is 0 Å². The van der Waals surface area contributed by atoms with Gasteiger partial charge >= 0.3 is 0 Å². The van der Waals surface area contributed by atoms with E-state index in [0.717, 1.165) is 11.1 Å².